The number of carbonyl (C=O) groups is 4. The number of hydrogen-bond acceptors (Lipinski definition) is 16. The van der Waals surface area contributed by atoms with Gasteiger partial charge in [0, 0.05) is 23.0 Å². The van der Waals surface area contributed by atoms with Crippen molar-refractivity contribution in [3.05, 3.63) is 25.7 Å². The Morgan fingerprint density at radius 3 is 0.809 bits per heavy atom. The van der Waals surface area contributed by atoms with Crippen LogP contribution in [0.2, 0.25) is 0 Å². The van der Waals surface area contributed by atoms with E-state index in [1.807, 2.05) is 0 Å². The van der Waals surface area contributed by atoms with Crippen molar-refractivity contribution in [2.45, 2.75) is 25.7 Å². The Morgan fingerprint density at radius 2 is 0.702 bits per heavy atom. The summed E-state index contributed by atoms with van der Waals surface area (Å²) in [5.74, 6) is -1.44. The summed E-state index contributed by atoms with van der Waals surface area (Å²) in [5, 5.41) is 65.4. The molecule has 8 N–H and O–H groups in total. The maximum absolute atomic E-state index is 9.55. The van der Waals surface area contributed by atoms with E-state index in [4.69, 9.17) is 59.8 Å². The Kier molecular flexibility index (Phi) is 62.2. The highest BCUT2D eigenvalue weighted by atomic mass is 32.1. The number of rotatable bonds is 23. The number of aliphatic carboxylic acids is 4. The van der Waals surface area contributed by atoms with Crippen molar-refractivity contribution in [2.75, 3.05) is 89.1 Å². The van der Waals surface area contributed by atoms with Crippen molar-refractivity contribution in [3.8, 4) is 0 Å². The van der Waals surface area contributed by atoms with Gasteiger partial charge in [0.2, 0.25) is 0 Å². The quantitative estimate of drug-likeness (QED) is 0.0391. The molecule has 0 atom stereocenters. The number of ether oxygens (including phenoxy) is 4. The molecule has 16 nitrogen and oxygen atoms in total. The molecular weight excluding hydrogens is 709 g/mol. The van der Waals surface area contributed by atoms with Crippen LogP contribution in [0.4, 0.5) is 0 Å². The van der Waals surface area contributed by atoms with Crippen LogP contribution in [0.25, 0.3) is 0 Å². The molecule has 0 aliphatic rings. The van der Waals surface area contributed by atoms with Gasteiger partial charge in [-0.3, -0.25) is 19.2 Å². The first-order chi connectivity index (χ1) is 22.2. The zero-order valence-corrected chi connectivity index (χ0v) is 30.0. The van der Waals surface area contributed by atoms with Gasteiger partial charge in [0.25, 0.3) is 0 Å². The Labute approximate surface area is 298 Å². The van der Waals surface area contributed by atoms with Crippen molar-refractivity contribution < 1.29 is 79.0 Å². The second kappa shape index (κ2) is 51.0. The molecule has 0 aliphatic carbocycles. The first-order valence-corrected chi connectivity index (χ1v) is 16.1. The second-order valence-corrected chi connectivity index (χ2v) is 9.69. The van der Waals surface area contributed by atoms with E-state index in [-0.39, 0.29) is 25.7 Å². The van der Waals surface area contributed by atoms with Crippen LogP contribution in [0.3, 0.4) is 0 Å². The highest BCUT2D eigenvalue weighted by molar-refractivity contribution is 7.80. The summed E-state index contributed by atoms with van der Waals surface area (Å²) in [7, 11) is 0. The molecule has 0 amide bonds. The topological polar surface area (TPSA) is 267 Å². The summed E-state index contributed by atoms with van der Waals surface area (Å²) in [6.45, 7) is 8.50. The maximum atomic E-state index is 9.55. The molecule has 0 radical (unpaired) electrons. The number of carboxylic acids is 4. The second-order valence-electron chi connectivity index (χ2n) is 7.90. The summed E-state index contributed by atoms with van der Waals surface area (Å²) >= 11 is 14.7. The molecular formula is C27H54O16S4. The molecule has 0 heterocycles. The zero-order chi connectivity index (χ0) is 37.8. The average molecular weight is 763 g/mol. The Hall–Kier alpha value is -1.88. The lowest BCUT2D eigenvalue weighted by Crippen LogP contribution is -2.37. The van der Waals surface area contributed by atoms with Crippen LogP contribution in [-0.2, 0) is 38.1 Å². The van der Waals surface area contributed by atoms with E-state index in [0.717, 1.165) is 0 Å². The molecule has 0 aromatic carbocycles. The largest absolute Gasteiger partial charge is 0.499 e. The van der Waals surface area contributed by atoms with Gasteiger partial charge in [-0.05, 0) is 0 Å². The van der Waals surface area contributed by atoms with E-state index < -0.39 is 55.7 Å². The maximum Gasteiger partial charge on any atom is 0.304 e. The van der Waals surface area contributed by atoms with Crippen LogP contribution in [0, 0.1) is 5.41 Å². The molecule has 0 aromatic rings. The minimum Gasteiger partial charge on any atom is -0.499 e. The lowest BCUT2D eigenvalue weighted by Gasteiger charge is -2.23. The summed E-state index contributed by atoms with van der Waals surface area (Å²) < 4.78 is 20.1. The highest BCUT2D eigenvalue weighted by Crippen LogP contribution is 2.11. The molecule has 0 spiro atoms. The number of aliphatic hydroxyl groups excluding tert-OH is 4. The lowest BCUT2D eigenvalue weighted by atomic mass is 9.93. The standard InChI is InChI=1S/C10H18O4.C5H12O4.4C3H6O2S/c1-3-11-5-7-13-9-10-14-8-6-12-4-2;6-1-5(2-7,3-8)4-9;4*4-3(5)1-2-6/h3-4H,1-2,5-10H2;6-9H,1-4H2;4*6H,1-2H2,(H,4,5). The fraction of sp³-hybridized carbons (Fsp3) is 0.704. The molecule has 0 aliphatic heterocycles. The molecule has 47 heavy (non-hydrogen) atoms. The van der Waals surface area contributed by atoms with E-state index in [0.29, 0.717) is 62.7 Å². The molecule has 0 fully saturated rings. The molecule has 0 aromatic heterocycles. The van der Waals surface area contributed by atoms with Crippen molar-refractivity contribution >= 4 is 74.4 Å². The van der Waals surface area contributed by atoms with E-state index in [1.54, 1.807) is 0 Å². The predicted molar refractivity (Wildman–Crippen MR) is 189 cm³/mol. The number of hydrogen-bond donors (Lipinski definition) is 12. The smallest absolute Gasteiger partial charge is 0.304 e. The fourth-order valence-corrected chi connectivity index (χ4v) is 2.15. The van der Waals surface area contributed by atoms with E-state index >= 15 is 0 Å². The first kappa shape index (κ1) is 57.4. The molecule has 0 saturated heterocycles. The van der Waals surface area contributed by atoms with Gasteiger partial charge in [0.05, 0.1) is 96.5 Å². The molecule has 0 bridgehead atoms. The van der Waals surface area contributed by atoms with Gasteiger partial charge in [0.15, 0.2) is 0 Å². The monoisotopic (exact) mass is 762 g/mol. The summed E-state index contributed by atoms with van der Waals surface area (Å²) in [4.78, 5) is 38.2. The van der Waals surface area contributed by atoms with Gasteiger partial charge in [-0.25, -0.2) is 0 Å². The van der Waals surface area contributed by atoms with E-state index in [9.17, 15) is 19.2 Å². The van der Waals surface area contributed by atoms with Crippen molar-refractivity contribution in [2.24, 2.45) is 5.41 Å². The predicted octanol–water partition coefficient (Wildman–Crippen LogP) is 0.845. The Bertz CT molecular complexity index is 617. The average Bonchev–Trinajstić information content (AvgIpc) is 3.01. The number of carboxylic acid groups (broad SMARTS) is 4. The zero-order valence-electron chi connectivity index (χ0n) is 26.4. The fourth-order valence-electron chi connectivity index (χ4n) is 1.39. The SMILES string of the molecule is C=COCCOCCOCCOC=C.O=C(O)CCS.O=C(O)CCS.O=C(O)CCS.O=C(O)CCS.OCC(CO)(CO)CO. The van der Waals surface area contributed by atoms with Gasteiger partial charge in [-0.15, -0.1) is 0 Å². The Balaban J connectivity index is -0.000000112. The molecule has 0 saturated carbocycles. The van der Waals surface area contributed by atoms with Gasteiger partial charge in [-0.1, -0.05) is 13.2 Å². The van der Waals surface area contributed by atoms with Crippen LogP contribution in [0.5, 0.6) is 0 Å². The van der Waals surface area contributed by atoms with Crippen molar-refractivity contribution in [3.63, 3.8) is 0 Å². The van der Waals surface area contributed by atoms with Gasteiger partial charge in [0.1, 0.15) is 13.2 Å². The third-order valence-corrected chi connectivity index (χ3v) is 4.84. The third-order valence-electron chi connectivity index (χ3n) is 3.94. The molecule has 0 rings (SSSR count). The summed E-state index contributed by atoms with van der Waals surface area (Å²) in [6, 6.07) is 0. The Morgan fingerprint density at radius 1 is 0.489 bits per heavy atom. The van der Waals surface area contributed by atoms with Crippen LogP contribution in [-0.4, -0.2) is 154 Å². The first-order valence-electron chi connectivity index (χ1n) is 13.6. The van der Waals surface area contributed by atoms with Crippen molar-refractivity contribution in [1.29, 1.82) is 0 Å². The molecule has 282 valence electrons. The minimum atomic E-state index is -1.11. The van der Waals surface area contributed by atoms with Crippen LogP contribution >= 0.6 is 50.5 Å². The molecule has 0 unspecified atom stereocenters. The minimum absolute atomic E-state index is 0.156. The van der Waals surface area contributed by atoms with E-state index in [2.05, 4.69) is 63.7 Å². The van der Waals surface area contributed by atoms with Gasteiger partial charge in [-0.2, -0.15) is 50.5 Å². The van der Waals surface area contributed by atoms with Gasteiger partial charge >= 0.3 is 23.9 Å². The normalized spacial score (nSPS) is 9.28. The number of aliphatic hydroxyl groups is 4. The van der Waals surface area contributed by atoms with Crippen LogP contribution in [0.15, 0.2) is 25.7 Å². The molecule has 20 heteroatoms. The van der Waals surface area contributed by atoms with E-state index in [1.165, 1.54) is 12.5 Å². The number of thiol groups is 4. The van der Waals surface area contributed by atoms with Gasteiger partial charge < -0.3 is 59.8 Å². The lowest BCUT2D eigenvalue weighted by molar-refractivity contribution is -0.137. The highest BCUT2D eigenvalue weighted by Gasteiger charge is 2.26. The summed E-state index contributed by atoms with van der Waals surface area (Å²) in [5.41, 5.74) is -1.11. The third kappa shape index (κ3) is 71.4. The van der Waals surface area contributed by atoms with Crippen LogP contribution < -0.4 is 0 Å². The van der Waals surface area contributed by atoms with Crippen LogP contribution in [0.1, 0.15) is 25.7 Å². The summed E-state index contributed by atoms with van der Waals surface area (Å²) in [6.07, 6.45) is 3.41. The van der Waals surface area contributed by atoms with Crippen molar-refractivity contribution in [1.82, 2.24) is 0 Å².